The first-order chi connectivity index (χ1) is 6.27. The molecule has 0 bridgehead atoms. The van der Waals surface area contributed by atoms with Crippen LogP contribution in [0.1, 0.15) is 32.6 Å². The van der Waals surface area contributed by atoms with E-state index >= 15 is 0 Å². The monoisotopic (exact) mass is 185 g/mol. The lowest BCUT2D eigenvalue weighted by molar-refractivity contribution is -0.149. The normalized spacial score (nSPS) is 28.5. The lowest BCUT2D eigenvalue weighted by Gasteiger charge is -2.27. The van der Waals surface area contributed by atoms with Crippen molar-refractivity contribution in [3.8, 4) is 0 Å². The summed E-state index contributed by atoms with van der Waals surface area (Å²) in [5.41, 5.74) is 0. The van der Waals surface area contributed by atoms with Crippen molar-refractivity contribution in [2.75, 3.05) is 13.7 Å². The molecule has 3 nitrogen and oxygen atoms in total. The van der Waals surface area contributed by atoms with Gasteiger partial charge >= 0.3 is 5.97 Å². The van der Waals surface area contributed by atoms with Gasteiger partial charge in [0.15, 0.2) is 0 Å². The van der Waals surface area contributed by atoms with Crippen molar-refractivity contribution in [2.45, 2.75) is 38.6 Å². The van der Waals surface area contributed by atoms with Crippen LogP contribution in [0.25, 0.3) is 0 Å². The Bertz CT molecular complexity index is 170. The summed E-state index contributed by atoms with van der Waals surface area (Å²) in [4.78, 5) is 11.4. The highest BCUT2D eigenvalue weighted by molar-refractivity contribution is 5.72. The number of carbonyl (C=O) groups excluding carboxylic acids is 1. The molecule has 1 aliphatic carbocycles. The van der Waals surface area contributed by atoms with Crippen molar-refractivity contribution in [1.29, 1.82) is 0 Å². The summed E-state index contributed by atoms with van der Waals surface area (Å²) in [6, 6.07) is 0.503. The van der Waals surface area contributed by atoms with E-state index < -0.39 is 0 Å². The summed E-state index contributed by atoms with van der Waals surface area (Å²) < 4.78 is 5.01. The van der Waals surface area contributed by atoms with E-state index in [9.17, 15) is 4.79 Å². The van der Waals surface area contributed by atoms with Gasteiger partial charge in [-0.1, -0.05) is 6.42 Å². The smallest absolute Gasteiger partial charge is 0.308 e. The predicted molar refractivity (Wildman–Crippen MR) is 51.4 cm³/mol. The highest BCUT2D eigenvalue weighted by Gasteiger charge is 2.27. The molecule has 0 radical (unpaired) electrons. The maximum atomic E-state index is 11.4. The molecule has 0 amide bonds. The van der Waals surface area contributed by atoms with Gasteiger partial charge in [-0.2, -0.15) is 0 Å². The zero-order valence-corrected chi connectivity index (χ0v) is 8.51. The first-order valence-corrected chi connectivity index (χ1v) is 5.11. The van der Waals surface area contributed by atoms with Crippen molar-refractivity contribution < 1.29 is 9.53 Å². The Kier molecular flexibility index (Phi) is 4.22. The highest BCUT2D eigenvalue weighted by Crippen LogP contribution is 2.24. The highest BCUT2D eigenvalue weighted by atomic mass is 16.5. The van der Waals surface area contributed by atoms with Gasteiger partial charge in [0, 0.05) is 6.04 Å². The fraction of sp³-hybridized carbons (Fsp3) is 0.900. The van der Waals surface area contributed by atoms with Gasteiger partial charge < -0.3 is 10.1 Å². The summed E-state index contributed by atoms with van der Waals surface area (Å²) >= 11 is 0. The molecule has 13 heavy (non-hydrogen) atoms. The zero-order chi connectivity index (χ0) is 9.68. The minimum atomic E-state index is -0.0116. The number of hydrogen-bond donors (Lipinski definition) is 1. The fourth-order valence-corrected chi connectivity index (χ4v) is 1.93. The van der Waals surface area contributed by atoms with Crippen molar-refractivity contribution in [1.82, 2.24) is 5.32 Å². The minimum absolute atomic E-state index is 0.0116. The molecule has 1 N–H and O–H groups in total. The Morgan fingerprint density at radius 3 is 2.92 bits per heavy atom. The van der Waals surface area contributed by atoms with Gasteiger partial charge in [-0.25, -0.2) is 0 Å². The predicted octanol–water partition coefficient (Wildman–Crippen LogP) is 1.33. The van der Waals surface area contributed by atoms with Gasteiger partial charge in [0.1, 0.15) is 0 Å². The first-order valence-electron chi connectivity index (χ1n) is 5.11. The Hall–Kier alpha value is -0.570. The Morgan fingerprint density at radius 1 is 1.54 bits per heavy atom. The molecule has 0 aliphatic heterocycles. The molecule has 1 fully saturated rings. The molecule has 0 saturated heterocycles. The summed E-state index contributed by atoms with van der Waals surface area (Å²) in [6.45, 7) is 2.36. The molecule has 1 saturated carbocycles. The SMILES string of the molecule is CCOC(=O)[C@H]1CCC[C@@H](NC)C1. The maximum absolute atomic E-state index is 11.4. The molecule has 3 heteroatoms. The second-order valence-electron chi connectivity index (χ2n) is 3.60. The lowest BCUT2D eigenvalue weighted by atomic mass is 9.86. The zero-order valence-electron chi connectivity index (χ0n) is 8.51. The van der Waals surface area contributed by atoms with Crippen LogP contribution in [0.4, 0.5) is 0 Å². The molecule has 76 valence electrons. The molecule has 0 aromatic carbocycles. The van der Waals surface area contributed by atoms with E-state index in [0.717, 1.165) is 19.3 Å². The van der Waals surface area contributed by atoms with Crippen molar-refractivity contribution in [3.05, 3.63) is 0 Å². The van der Waals surface area contributed by atoms with Crippen LogP contribution in [-0.4, -0.2) is 25.7 Å². The summed E-state index contributed by atoms with van der Waals surface area (Å²) in [6.07, 6.45) is 4.26. The van der Waals surface area contributed by atoms with E-state index in [-0.39, 0.29) is 11.9 Å². The van der Waals surface area contributed by atoms with E-state index in [2.05, 4.69) is 5.32 Å². The van der Waals surface area contributed by atoms with Crippen LogP contribution < -0.4 is 5.32 Å². The third-order valence-electron chi connectivity index (χ3n) is 2.70. The lowest BCUT2D eigenvalue weighted by Crippen LogP contribution is -2.34. The van der Waals surface area contributed by atoms with E-state index in [0.29, 0.717) is 12.6 Å². The molecule has 0 aromatic heterocycles. The van der Waals surface area contributed by atoms with Crippen LogP contribution in [0, 0.1) is 5.92 Å². The molecule has 0 spiro atoms. The third kappa shape index (κ3) is 2.99. The molecule has 0 aromatic rings. The molecule has 0 unspecified atom stereocenters. The van der Waals surface area contributed by atoms with Gasteiger partial charge in [-0.05, 0) is 33.2 Å². The summed E-state index contributed by atoms with van der Waals surface area (Å²) in [5.74, 6) is 0.119. The van der Waals surface area contributed by atoms with Crippen molar-refractivity contribution >= 4 is 5.97 Å². The second-order valence-corrected chi connectivity index (χ2v) is 3.60. The Morgan fingerprint density at radius 2 is 2.31 bits per heavy atom. The quantitative estimate of drug-likeness (QED) is 0.674. The van der Waals surface area contributed by atoms with Gasteiger partial charge in [-0.3, -0.25) is 4.79 Å². The van der Waals surface area contributed by atoms with E-state index in [1.165, 1.54) is 6.42 Å². The molecule has 1 aliphatic rings. The number of nitrogens with one attached hydrogen (secondary N) is 1. The first kappa shape index (κ1) is 10.5. The largest absolute Gasteiger partial charge is 0.466 e. The Labute approximate surface area is 79.8 Å². The number of hydrogen-bond acceptors (Lipinski definition) is 3. The van der Waals surface area contributed by atoms with Crippen LogP contribution in [0.5, 0.6) is 0 Å². The molecule has 0 heterocycles. The fourth-order valence-electron chi connectivity index (χ4n) is 1.93. The van der Waals surface area contributed by atoms with E-state index in [1.807, 2.05) is 14.0 Å². The van der Waals surface area contributed by atoms with Gasteiger partial charge in [0.2, 0.25) is 0 Å². The third-order valence-corrected chi connectivity index (χ3v) is 2.70. The van der Waals surface area contributed by atoms with Crippen LogP contribution in [0.15, 0.2) is 0 Å². The standard InChI is InChI=1S/C10H19NO2/c1-3-13-10(12)8-5-4-6-9(7-8)11-2/h8-9,11H,3-7H2,1-2H3/t8-,9+/m0/s1. The summed E-state index contributed by atoms with van der Waals surface area (Å²) in [5, 5.41) is 3.22. The number of carbonyl (C=O) groups is 1. The second kappa shape index (κ2) is 5.22. The van der Waals surface area contributed by atoms with Gasteiger partial charge in [0.05, 0.1) is 12.5 Å². The van der Waals surface area contributed by atoms with Crippen LogP contribution in [-0.2, 0) is 9.53 Å². The van der Waals surface area contributed by atoms with Crippen molar-refractivity contribution in [2.24, 2.45) is 5.92 Å². The topological polar surface area (TPSA) is 38.3 Å². The molecular formula is C10H19NO2. The molecule has 1 rings (SSSR count). The summed E-state index contributed by atoms with van der Waals surface area (Å²) in [7, 11) is 1.96. The number of esters is 1. The van der Waals surface area contributed by atoms with E-state index in [4.69, 9.17) is 4.74 Å². The Balaban J connectivity index is 2.37. The average molecular weight is 185 g/mol. The van der Waals surface area contributed by atoms with Gasteiger partial charge in [-0.15, -0.1) is 0 Å². The van der Waals surface area contributed by atoms with Crippen molar-refractivity contribution in [3.63, 3.8) is 0 Å². The maximum Gasteiger partial charge on any atom is 0.308 e. The van der Waals surface area contributed by atoms with Crippen LogP contribution >= 0.6 is 0 Å². The van der Waals surface area contributed by atoms with E-state index in [1.54, 1.807) is 0 Å². The molecular weight excluding hydrogens is 166 g/mol. The average Bonchev–Trinajstić information content (AvgIpc) is 2.18. The molecule has 2 atom stereocenters. The van der Waals surface area contributed by atoms with Crippen LogP contribution in [0.2, 0.25) is 0 Å². The number of ether oxygens (including phenoxy) is 1. The minimum Gasteiger partial charge on any atom is -0.466 e. The number of rotatable bonds is 3. The van der Waals surface area contributed by atoms with Gasteiger partial charge in [0.25, 0.3) is 0 Å². The van der Waals surface area contributed by atoms with Crippen LogP contribution in [0.3, 0.4) is 0 Å².